The van der Waals surface area contributed by atoms with Crippen LogP contribution in [0.4, 0.5) is 15.9 Å². The van der Waals surface area contributed by atoms with Crippen LogP contribution in [0.2, 0.25) is 0 Å². The Morgan fingerprint density at radius 3 is 2.58 bits per heavy atom. The molecule has 1 heterocycles. The number of rotatable bonds is 3. The quantitative estimate of drug-likeness (QED) is 0.744. The van der Waals surface area contributed by atoms with E-state index in [2.05, 4.69) is 14.9 Å². The van der Waals surface area contributed by atoms with Crippen molar-refractivity contribution in [3.05, 3.63) is 35.3 Å². The Hall–Kier alpha value is -2.09. The summed E-state index contributed by atoms with van der Waals surface area (Å²) in [4.78, 5) is -0.234. The molecule has 8 heteroatoms. The smallest absolute Gasteiger partial charge is 0.263 e. The molecule has 0 aliphatic rings. The largest absolute Gasteiger partial charge is 0.398 e. The molecule has 0 saturated heterocycles. The van der Waals surface area contributed by atoms with E-state index in [0.717, 1.165) is 6.07 Å². The zero-order chi connectivity index (χ0) is 14.2. The van der Waals surface area contributed by atoms with Crippen molar-refractivity contribution in [3.63, 3.8) is 0 Å². The SMILES string of the molecule is Cc1cn[nH]c1NS(=O)(=O)c1cc(N)c(C)c(F)c1. The van der Waals surface area contributed by atoms with Crippen molar-refractivity contribution < 1.29 is 12.8 Å². The lowest BCUT2D eigenvalue weighted by molar-refractivity contribution is 0.593. The summed E-state index contributed by atoms with van der Waals surface area (Å²) in [5, 5.41) is 6.20. The molecule has 1 aromatic carbocycles. The maximum Gasteiger partial charge on any atom is 0.263 e. The Morgan fingerprint density at radius 1 is 1.37 bits per heavy atom. The van der Waals surface area contributed by atoms with Crippen molar-refractivity contribution in [1.82, 2.24) is 10.2 Å². The molecule has 1 aromatic heterocycles. The molecule has 0 radical (unpaired) electrons. The van der Waals surface area contributed by atoms with Crippen molar-refractivity contribution >= 4 is 21.5 Å². The van der Waals surface area contributed by atoms with Crippen LogP contribution < -0.4 is 10.5 Å². The Labute approximate surface area is 109 Å². The number of aromatic amines is 1. The number of nitrogens with one attached hydrogen (secondary N) is 2. The molecule has 0 aliphatic heterocycles. The Morgan fingerprint density at radius 2 is 2.05 bits per heavy atom. The molecular weight excluding hydrogens is 271 g/mol. The summed E-state index contributed by atoms with van der Waals surface area (Å²) in [5.74, 6) is -0.429. The lowest BCUT2D eigenvalue weighted by atomic mass is 10.2. The van der Waals surface area contributed by atoms with Gasteiger partial charge in [-0.05, 0) is 26.0 Å². The van der Waals surface area contributed by atoms with E-state index in [0.29, 0.717) is 5.56 Å². The van der Waals surface area contributed by atoms with Gasteiger partial charge in [-0.15, -0.1) is 0 Å². The first-order valence-electron chi connectivity index (χ1n) is 5.39. The van der Waals surface area contributed by atoms with Gasteiger partial charge in [0.25, 0.3) is 10.0 Å². The zero-order valence-electron chi connectivity index (χ0n) is 10.4. The Bertz CT molecular complexity index is 701. The number of nitrogen functional groups attached to an aromatic ring is 1. The van der Waals surface area contributed by atoms with Crippen LogP contribution in [0.3, 0.4) is 0 Å². The summed E-state index contributed by atoms with van der Waals surface area (Å²) in [6.45, 7) is 3.17. The highest BCUT2D eigenvalue weighted by Gasteiger charge is 2.19. The van der Waals surface area contributed by atoms with E-state index in [4.69, 9.17) is 5.73 Å². The first-order chi connectivity index (χ1) is 8.81. The van der Waals surface area contributed by atoms with Gasteiger partial charge in [-0.2, -0.15) is 5.10 Å². The van der Waals surface area contributed by atoms with Crippen molar-refractivity contribution in [1.29, 1.82) is 0 Å². The molecule has 0 aliphatic carbocycles. The third-order valence-corrected chi connectivity index (χ3v) is 4.06. The van der Waals surface area contributed by atoms with Crippen LogP contribution in [-0.4, -0.2) is 18.6 Å². The summed E-state index contributed by atoms with van der Waals surface area (Å²) >= 11 is 0. The fraction of sp³-hybridized carbons (Fsp3) is 0.182. The third-order valence-electron chi connectivity index (χ3n) is 2.73. The molecule has 6 nitrogen and oxygen atoms in total. The summed E-state index contributed by atoms with van der Waals surface area (Å²) in [6.07, 6.45) is 1.47. The van der Waals surface area contributed by atoms with Crippen LogP contribution in [-0.2, 0) is 10.0 Å². The molecule has 102 valence electrons. The Balaban J connectivity index is 2.43. The van der Waals surface area contributed by atoms with E-state index in [1.54, 1.807) is 6.92 Å². The fourth-order valence-electron chi connectivity index (χ4n) is 1.47. The lowest BCUT2D eigenvalue weighted by Gasteiger charge is -2.09. The number of aryl methyl sites for hydroxylation is 1. The minimum Gasteiger partial charge on any atom is -0.398 e. The fourth-order valence-corrected chi connectivity index (χ4v) is 2.61. The molecule has 0 amide bonds. The van der Waals surface area contributed by atoms with Crippen LogP contribution in [0.1, 0.15) is 11.1 Å². The van der Waals surface area contributed by atoms with Crippen molar-refractivity contribution in [3.8, 4) is 0 Å². The molecule has 2 aromatic rings. The van der Waals surface area contributed by atoms with Crippen LogP contribution in [0.25, 0.3) is 0 Å². The summed E-state index contributed by atoms with van der Waals surface area (Å²) in [6, 6.07) is 2.15. The van der Waals surface area contributed by atoms with Crippen molar-refractivity contribution in [2.45, 2.75) is 18.7 Å². The number of hydrogen-bond donors (Lipinski definition) is 3. The number of halogens is 1. The highest BCUT2D eigenvalue weighted by Crippen LogP contribution is 2.23. The minimum atomic E-state index is -3.91. The highest BCUT2D eigenvalue weighted by molar-refractivity contribution is 7.92. The van der Waals surface area contributed by atoms with Gasteiger partial charge in [-0.1, -0.05) is 0 Å². The van der Waals surface area contributed by atoms with Crippen LogP contribution >= 0.6 is 0 Å². The maximum absolute atomic E-state index is 13.5. The second kappa shape index (κ2) is 4.54. The van der Waals surface area contributed by atoms with Gasteiger partial charge in [-0.3, -0.25) is 9.82 Å². The molecule has 0 fully saturated rings. The van der Waals surface area contributed by atoms with Gasteiger partial charge in [-0.25, -0.2) is 12.8 Å². The van der Waals surface area contributed by atoms with Crippen LogP contribution in [0.15, 0.2) is 23.2 Å². The van der Waals surface area contributed by atoms with Gasteiger partial charge in [0.2, 0.25) is 0 Å². The molecule has 19 heavy (non-hydrogen) atoms. The van der Waals surface area contributed by atoms with Gasteiger partial charge >= 0.3 is 0 Å². The first kappa shape index (κ1) is 13.3. The van der Waals surface area contributed by atoms with E-state index in [1.165, 1.54) is 19.2 Å². The number of aromatic nitrogens is 2. The number of nitrogens with two attached hydrogens (primary N) is 1. The number of hydrogen-bond acceptors (Lipinski definition) is 4. The van der Waals surface area contributed by atoms with Gasteiger partial charge in [0.1, 0.15) is 11.6 Å². The average molecular weight is 284 g/mol. The van der Waals surface area contributed by atoms with Gasteiger partial charge in [0, 0.05) is 16.8 Å². The summed E-state index contributed by atoms with van der Waals surface area (Å²) < 4.78 is 40.0. The van der Waals surface area contributed by atoms with E-state index in [-0.39, 0.29) is 22.0 Å². The predicted octanol–water partition coefficient (Wildman–Crippen LogP) is 1.55. The molecule has 0 bridgehead atoms. The second-order valence-electron chi connectivity index (χ2n) is 4.15. The zero-order valence-corrected chi connectivity index (χ0v) is 11.2. The van der Waals surface area contributed by atoms with Gasteiger partial charge in [0.05, 0.1) is 11.1 Å². The molecule has 4 N–H and O–H groups in total. The van der Waals surface area contributed by atoms with Crippen molar-refractivity contribution in [2.24, 2.45) is 0 Å². The van der Waals surface area contributed by atoms with Gasteiger partial charge < -0.3 is 5.73 Å². The molecule has 0 spiro atoms. The minimum absolute atomic E-state index is 0.0849. The monoisotopic (exact) mass is 284 g/mol. The Kier molecular flexibility index (Phi) is 3.19. The number of sulfonamides is 1. The third kappa shape index (κ3) is 2.53. The number of anilines is 2. The van der Waals surface area contributed by atoms with Crippen molar-refractivity contribution in [2.75, 3.05) is 10.5 Å². The molecule has 0 atom stereocenters. The number of H-pyrrole nitrogens is 1. The maximum atomic E-state index is 13.5. The van der Waals surface area contributed by atoms with E-state index in [9.17, 15) is 12.8 Å². The molecular formula is C11H13FN4O2S. The van der Waals surface area contributed by atoms with E-state index in [1.807, 2.05) is 0 Å². The van der Waals surface area contributed by atoms with E-state index >= 15 is 0 Å². The first-order valence-corrected chi connectivity index (χ1v) is 6.88. The van der Waals surface area contributed by atoms with Gasteiger partial charge in [0.15, 0.2) is 0 Å². The van der Waals surface area contributed by atoms with E-state index < -0.39 is 15.8 Å². The van der Waals surface area contributed by atoms with Crippen LogP contribution in [0.5, 0.6) is 0 Å². The standard InChI is InChI=1S/C11H13FN4O2S/c1-6-5-14-15-11(6)16-19(17,18)8-3-9(12)7(2)10(13)4-8/h3-5H,13H2,1-2H3,(H2,14,15,16). The normalized spacial score (nSPS) is 11.5. The topological polar surface area (TPSA) is 101 Å². The molecule has 0 unspecified atom stereocenters. The number of nitrogens with zero attached hydrogens (tertiary/aromatic N) is 1. The number of benzene rings is 1. The lowest BCUT2D eigenvalue weighted by Crippen LogP contribution is -2.15. The molecule has 0 saturated carbocycles. The predicted molar refractivity (Wildman–Crippen MR) is 69.7 cm³/mol. The molecule has 2 rings (SSSR count). The van der Waals surface area contributed by atoms with Crippen LogP contribution in [0, 0.1) is 19.7 Å². The summed E-state index contributed by atoms with van der Waals surface area (Å²) in [7, 11) is -3.91. The summed E-state index contributed by atoms with van der Waals surface area (Å²) in [5.41, 5.74) is 6.50. The highest BCUT2D eigenvalue weighted by atomic mass is 32.2. The average Bonchev–Trinajstić information content (AvgIpc) is 2.70. The second-order valence-corrected chi connectivity index (χ2v) is 5.84.